The molecule has 1 aliphatic heterocycles. The standard InChI is InChI=1S/C19H22BNO4/c1-5-24-19(22)15-10-14(20)18-13-9-17(25-11(2)3)16(23-4)8-12(13)6-7-21(15)18/h8-11H,5-7H2,1-4H3. The fourth-order valence-electron chi connectivity index (χ4n) is 3.24. The predicted octanol–water partition coefficient (Wildman–Crippen LogP) is 2.48. The van der Waals surface area contributed by atoms with Crippen molar-refractivity contribution in [3.63, 3.8) is 0 Å². The Kier molecular flexibility index (Phi) is 4.79. The van der Waals surface area contributed by atoms with E-state index in [1.54, 1.807) is 20.1 Å². The van der Waals surface area contributed by atoms with Crippen LogP contribution >= 0.6 is 0 Å². The van der Waals surface area contributed by atoms with E-state index in [0.717, 1.165) is 23.2 Å². The molecule has 2 heterocycles. The van der Waals surface area contributed by atoms with Crippen LogP contribution in [0.2, 0.25) is 0 Å². The Labute approximate surface area is 149 Å². The third kappa shape index (κ3) is 3.13. The van der Waals surface area contributed by atoms with E-state index in [-0.39, 0.29) is 12.1 Å². The molecule has 3 rings (SSSR count). The molecule has 0 saturated carbocycles. The Morgan fingerprint density at radius 2 is 2.04 bits per heavy atom. The van der Waals surface area contributed by atoms with Crippen LogP contribution < -0.4 is 14.9 Å². The topological polar surface area (TPSA) is 49.7 Å². The smallest absolute Gasteiger partial charge is 0.354 e. The molecule has 6 heteroatoms. The maximum Gasteiger partial charge on any atom is 0.354 e. The van der Waals surface area contributed by atoms with Gasteiger partial charge in [0.25, 0.3) is 0 Å². The van der Waals surface area contributed by atoms with E-state index in [9.17, 15) is 4.79 Å². The van der Waals surface area contributed by atoms with Gasteiger partial charge >= 0.3 is 5.97 Å². The van der Waals surface area contributed by atoms with Crippen LogP contribution in [0.3, 0.4) is 0 Å². The number of fused-ring (bicyclic) bond motifs is 3. The van der Waals surface area contributed by atoms with Gasteiger partial charge in [-0.3, -0.25) is 0 Å². The number of aromatic nitrogens is 1. The molecule has 2 aromatic rings. The molecule has 0 spiro atoms. The summed E-state index contributed by atoms with van der Waals surface area (Å²) in [6.45, 7) is 6.72. The normalized spacial score (nSPS) is 12.5. The van der Waals surface area contributed by atoms with Crippen molar-refractivity contribution in [2.45, 2.75) is 39.8 Å². The number of nitrogens with zero attached hydrogens (tertiary/aromatic N) is 1. The van der Waals surface area contributed by atoms with Crippen LogP contribution in [-0.2, 0) is 17.7 Å². The lowest BCUT2D eigenvalue weighted by atomic mass is 9.88. The monoisotopic (exact) mass is 339 g/mol. The number of hydrogen-bond acceptors (Lipinski definition) is 4. The number of carbonyl (C=O) groups excluding carboxylic acids is 1. The number of methoxy groups -OCH3 is 1. The van der Waals surface area contributed by atoms with Crippen LogP contribution in [0.4, 0.5) is 0 Å². The van der Waals surface area contributed by atoms with Crippen molar-refractivity contribution in [1.82, 2.24) is 4.57 Å². The van der Waals surface area contributed by atoms with Gasteiger partial charge in [0.05, 0.1) is 19.8 Å². The van der Waals surface area contributed by atoms with Gasteiger partial charge in [0.1, 0.15) is 13.5 Å². The highest BCUT2D eigenvalue weighted by atomic mass is 16.5. The van der Waals surface area contributed by atoms with Gasteiger partial charge in [-0.2, -0.15) is 0 Å². The minimum Gasteiger partial charge on any atom is -0.493 e. The summed E-state index contributed by atoms with van der Waals surface area (Å²) < 4.78 is 18.4. The molecule has 1 aliphatic rings. The molecular weight excluding hydrogens is 317 g/mol. The molecule has 0 amide bonds. The van der Waals surface area contributed by atoms with E-state index in [2.05, 4.69) is 0 Å². The lowest BCUT2D eigenvalue weighted by Gasteiger charge is -2.24. The van der Waals surface area contributed by atoms with Gasteiger partial charge < -0.3 is 18.8 Å². The number of aryl methyl sites for hydroxylation is 1. The molecule has 0 atom stereocenters. The second kappa shape index (κ2) is 6.86. The first-order valence-corrected chi connectivity index (χ1v) is 8.50. The summed E-state index contributed by atoms with van der Waals surface area (Å²) in [6.07, 6.45) is 0.802. The highest BCUT2D eigenvalue weighted by molar-refractivity contribution is 6.36. The summed E-state index contributed by atoms with van der Waals surface area (Å²) in [4.78, 5) is 12.2. The molecule has 1 aromatic carbocycles. The summed E-state index contributed by atoms with van der Waals surface area (Å²) in [5, 5.41) is 0. The third-order valence-corrected chi connectivity index (χ3v) is 4.22. The summed E-state index contributed by atoms with van der Waals surface area (Å²) in [5.74, 6) is 1.02. The van der Waals surface area contributed by atoms with E-state index in [4.69, 9.17) is 22.1 Å². The van der Waals surface area contributed by atoms with Crippen LogP contribution in [-0.4, -0.2) is 38.2 Å². The Balaban J connectivity index is 2.13. The maximum atomic E-state index is 12.2. The van der Waals surface area contributed by atoms with Crippen molar-refractivity contribution in [3.8, 4) is 22.8 Å². The maximum absolute atomic E-state index is 12.2. The van der Waals surface area contributed by atoms with Gasteiger partial charge in [0.15, 0.2) is 11.5 Å². The second-order valence-electron chi connectivity index (χ2n) is 6.28. The molecule has 0 aliphatic carbocycles. The Morgan fingerprint density at radius 1 is 1.28 bits per heavy atom. The fraction of sp³-hybridized carbons (Fsp3) is 0.421. The Hall–Kier alpha value is -2.37. The van der Waals surface area contributed by atoms with Gasteiger partial charge in [-0.05, 0) is 51.0 Å². The first kappa shape index (κ1) is 17.5. The van der Waals surface area contributed by atoms with Gasteiger partial charge in [-0.25, -0.2) is 4.79 Å². The van der Waals surface area contributed by atoms with Crippen molar-refractivity contribution in [2.75, 3.05) is 13.7 Å². The van der Waals surface area contributed by atoms with E-state index in [1.807, 2.05) is 30.5 Å². The summed E-state index contributed by atoms with van der Waals surface area (Å²) in [6, 6.07) is 5.63. The minimum atomic E-state index is -0.351. The number of hydrogen-bond donors (Lipinski definition) is 0. The van der Waals surface area contributed by atoms with Crippen LogP contribution in [0, 0.1) is 0 Å². The average Bonchev–Trinajstić information content (AvgIpc) is 2.91. The minimum absolute atomic E-state index is 0.0229. The molecule has 0 saturated heterocycles. The van der Waals surface area contributed by atoms with Crippen molar-refractivity contribution >= 4 is 19.3 Å². The zero-order valence-electron chi connectivity index (χ0n) is 15.1. The second-order valence-corrected chi connectivity index (χ2v) is 6.28. The zero-order valence-corrected chi connectivity index (χ0v) is 15.1. The molecule has 1 aromatic heterocycles. The van der Waals surface area contributed by atoms with Crippen LogP contribution in [0.1, 0.15) is 36.8 Å². The molecular formula is C19H22BNO4. The van der Waals surface area contributed by atoms with E-state index in [1.165, 1.54) is 0 Å². The molecule has 0 fully saturated rings. The molecule has 2 radical (unpaired) electrons. The van der Waals surface area contributed by atoms with E-state index >= 15 is 0 Å². The first-order chi connectivity index (χ1) is 12.0. The van der Waals surface area contributed by atoms with Gasteiger partial charge in [0, 0.05) is 17.8 Å². The number of benzene rings is 1. The van der Waals surface area contributed by atoms with Gasteiger partial charge in [-0.1, -0.05) is 5.46 Å². The lowest BCUT2D eigenvalue weighted by molar-refractivity contribution is 0.0514. The summed E-state index contributed by atoms with van der Waals surface area (Å²) in [5.41, 5.74) is 3.98. The molecule has 130 valence electrons. The van der Waals surface area contributed by atoms with Gasteiger partial charge in [0.2, 0.25) is 0 Å². The fourth-order valence-corrected chi connectivity index (χ4v) is 3.24. The van der Waals surface area contributed by atoms with Gasteiger partial charge in [-0.15, -0.1) is 0 Å². The van der Waals surface area contributed by atoms with Crippen molar-refractivity contribution in [1.29, 1.82) is 0 Å². The van der Waals surface area contributed by atoms with Crippen molar-refractivity contribution < 1.29 is 19.0 Å². The van der Waals surface area contributed by atoms with Crippen molar-refractivity contribution in [3.05, 3.63) is 29.5 Å². The number of ether oxygens (including phenoxy) is 3. The number of rotatable bonds is 5. The highest BCUT2D eigenvalue weighted by Crippen LogP contribution is 2.39. The third-order valence-electron chi connectivity index (χ3n) is 4.22. The highest BCUT2D eigenvalue weighted by Gasteiger charge is 2.26. The molecule has 0 bridgehead atoms. The molecule has 0 unspecified atom stereocenters. The molecule has 25 heavy (non-hydrogen) atoms. The Bertz CT molecular complexity index is 810. The average molecular weight is 339 g/mol. The van der Waals surface area contributed by atoms with E-state index in [0.29, 0.717) is 35.8 Å². The van der Waals surface area contributed by atoms with Crippen LogP contribution in [0.15, 0.2) is 18.2 Å². The summed E-state index contributed by atoms with van der Waals surface area (Å²) >= 11 is 0. The lowest BCUT2D eigenvalue weighted by Crippen LogP contribution is -2.19. The quantitative estimate of drug-likeness (QED) is 0.620. The number of carbonyl (C=O) groups is 1. The summed E-state index contributed by atoms with van der Waals surface area (Å²) in [7, 11) is 7.86. The molecule has 5 nitrogen and oxygen atoms in total. The SMILES string of the molecule is [B]c1cc(C(=O)OCC)n2c1-c1cc(OC(C)C)c(OC)cc1CC2. The van der Waals surface area contributed by atoms with E-state index < -0.39 is 0 Å². The predicted molar refractivity (Wildman–Crippen MR) is 97.2 cm³/mol. The largest absolute Gasteiger partial charge is 0.493 e. The van der Waals surface area contributed by atoms with Crippen LogP contribution in [0.25, 0.3) is 11.3 Å². The number of esters is 1. The van der Waals surface area contributed by atoms with Crippen molar-refractivity contribution in [2.24, 2.45) is 0 Å². The van der Waals surface area contributed by atoms with Crippen LogP contribution in [0.5, 0.6) is 11.5 Å². The molecule has 0 N–H and O–H groups in total. The zero-order chi connectivity index (χ0) is 18.1. The first-order valence-electron chi connectivity index (χ1n) is 8.50. The Morgan fingerprint density at radius 3 is 2.68 bits per heavy atom.